The van der Waals surface area contributed by atoms with Crippen LogP contribution in [0.4, 0.5) is 11.4 Å². The van der Waals surface area contributed by atoms with E-state index < -0.39 is 0 Å². The molecule has 26 heavy (non-hydrogen) atoms. The Labute approximate surface area is 157 Å². The second-order valence-corrected chi connectivity index (χ2v) is 7.27. The van der Waals surface area contributed by atoms with Gasteiger partial charge in [0.15, 0.2) is 0 Å². The molecule has 2 amide bonds. The summed E-state index contributed by atoms with van der Waals surface area (Å²) in [5.41, 5.74) is 1.17. The number of hydrogen-bond acceptors (Lipinski definition) is 5. The SMILES string of the molecule is COc1ccc(NC(C)=O)cc1NC(=O)CN1CCCC1c1cccs1. The van der Waals surface area contributed by atoms with Crippen molar-refractivity contribution in [2.24, 2.45) is 0 Å². The summed E-state index contributed by atoms with van der Waals surface area (Å²) >= 11 is 1.74. The van der Waals surface area contributed by atoms with Crippen molar-refractivity contribution < 1.29 is 14.3 Å². The average molecular weight is 373 g/mol. The van der Waals surface area contributed by atoms with Crippen LogP contribution in [0.15, 0.2) is 35.7 Å². The molecule has 1 fully saturated rings. The minimum atomic E-state index is -0.164. The van der Waals surface area contributed by atoms with Gasteiger partial charge in [0.2, 0.25) is 11.8 Å². The maximum Gasteiger partial charge on any atom is 0.238 e. The fourth-order valence-corrected chi connectivity index (χ4v) is 4.17. The van der Waals surface area contributed by atoms with E-state index in [9.17, 15) is 9.59 Å². The molecule has 1 aliphatic rings. The van der Waals surface area contributed by atoms with Crippen LogP contribution in [0.2, 0.25) is 0 Å². The Morgan fingerprint density at radius 2 is 2.15 bits per heavy atom. The zero-order valence-corrected chi connectivity index (χ0v) is 15.8. The van der Waals surface area contributed by atoms with Crippen molar-refractivity contribution >= 4 is 34.5 Å². The van der Waals surface area contributed by atoms with Crippen molar-refractivity contribution in [2.45, 2.75) is 25.8 Å². The minimum Gasteiger partial charge on any atom is -0.495 e. The second-order valence-electron chi connectivity index (χ2n) is 6.29. The second kappa shape index (κ2) is 8.33. The zero-order valence-electron chi connectivity index (χ0n) is 15.0. The van der Waals surface area contributed by atoms with Gasteiger partial charge in [-0.2, -0.15) is 0 Å². The van der Waals surface area contributed by atoms with Crippen LogP contribution in [-0.2, 0) is 9.59 Å². The number of nitrogens with zero attached hydrogens (tertiary/aromatic N) is 1. The van der Waals surface area contributed by atoms with E-state index in [2.05, 4.69) is 33.0 Å². The monoisotopic (exact) mass is 373 g/mol. The molecule has 2 aromatic rings. The molecule has 138 valence electrons. The molecule has 0 bridgehead atoms. The molecular formula is C19H23N3O3S. The van der Waals surface area contributed by atoms with Gasteiger partial charge in [0, 0.05) is 23.5 Å². The number of likely N-dealkylation sites (tertiary alicyclic amines) is 1. The summed E-state index contributed by atoms with van der Waals surface area (Å²) in [5.74, 6) is 0.304. The van der Waals surface area contributed by atoms with E-state index in [4.69, 9.17) is 4.74 Å². The molecule has 6 nitrogen and oxygen atoms in total. The quantitative estimate of drug-likeness (QED) is 0.813. The number of anilines is 2. The summed E-state index contributed by atoms with van der Waals surface area (Å²) in [4.78, 5) is 27.4. The molecule has 2 heterocycles. The molecular weight excluding hydrogens is 350 g/mol. The first-order valence-electron chi connectivity index (χ1n) is 8.59. The number of ether oxygens (including phenoxy) is 1. The van der Waals surface area contributed by atoms with Crippen LogP contribution in [0.25, 0.3) is 0 Å². The van der Waals surface area contributed by atoms with Gasteiger partial charge in [-0.1, -0.05) is 6.07 Å². The maximum absolute atomic E-state index is 12.6. The van der Waals surface area contributed by atoms with Crippen LogP contribution in [0.1, 0.15) is 30.7 Å². The van der Waals surface area contributed by atoms with Crippen molar-refractivity contribution in [2.75, 3.05) is 30.8 Å². The zero-order chi connectivity index (χ0) is 18.5. The summed E-state index contributed by atoms with van der Waals surface area (Å²) in [6.07, 6.45) is 2.17. The van der Waals surface area contributed by atoms with Gasteiger partial charge in [-0.3, -0.25) is 14.5 Å². The lowest BCUT2D eigenvalue weighted by atomic mass is 10.2. The average Bonchev–Trinajstić information content (AvgIpc) is 3.25. The lowest BCUT2D eigenvalue weighted by Gasteiger charge is -2.23. The number of carbonyl (C=O) groups is 2. The molecule has 1 aliphatic heterocycles. The molecule has 1 aromatic heterocycles. The van der Waals surface area contributed by atoms with Crippen LogP contribution < -0.4 is 15.4 Å². The van der Waals surface area contributed by atoms with Crippen molar-refractivity contribution in [3.05, 3.63) is 40.6 Å². The third-order valence-corrected chi connectivity index (χ3v) is 5.35. The largest absolute Gasteiger partial charge is 0.495 e. The first-order valence-corrected chi connectivity index (χ1v) is 9.47. The van der Waals surface area contributed by atoms with E-state index in [-0.39, 0.29) is 11.8 Å². The number of carbonyl (C=O) groups excluding carboxylic acids is 2. The lowest BCUT2D eigenvalue weighted by Crippen LogP contribution is -2.32. The van der Waals surface area contributed by atoms with Crippen LogP contribution >= 0.6 is 11.3 Å². The summed E-state index contributed by atoms with van der Waals surface area (Å²) in [7, 11) is 1.55. The lowest BCUT2D eigenvalue weighted by molar-refractivity contribution is -0.117. The smallest absolute Gasteiger partial charge is 0.238 e. The van der Waals surface area contributed by atoms with E-state index in [0.29, 0.717) is 29.7 Å². The van der Waals surface area contributed by atoms with E-state index in [0.717, 1.165) is 19.4 Å². The summed E-state index contributed by atoms with van der Waals surface area (Å²) in [6.45, 7) is 2.69. The van der Waals surface area contributed by atoms with E-state index in [1.54, 1.807) is 36.6 Å². The molecule has 1 unspecified atom stereocenters. The Morgan fingerprint density at radius 1 is 1.31 bits per heavy atom. The Morgan fingerprint density at radius 3 is 2.85 bits per heavy atom. The first-order chi connectivity index (χ1) is 12.6. The minimum absolute atomic E-state index is 0.0910. The Hall–Kier alpha value is -2.38. The highest BCUT2D eigenvalue weighted by Gasteiger charge is 2.28. The number of thiophene rings is 1. The molecule has 3 rings (SSSR count). The molecule has 0 aliphatic carbocycles. The molecule has 7 heteroatoms. The Balaban J connectivity index is 1.68. The molecule has 1 atom stereocenters. The Bertz CT molecular complexity index is 776. The molecule has 0 saturated carbocycles. The highest BCUT2D eigenvalue weighted by Crippen LogP contribution is 2.34. The van der Waals surface area contributed by atoms with Gasteiger partial charge in [0.05, 0.1) is 19.3 Å². The van der Waals surface area contributed by atoms with Crippen LogP contribution in [0.5, 0.6) is 5.75 Å². The molecule has 1 saturated heterocycles. The predicted octanol–water partition coefficient (Wildman–Crippen LogP) is 3.49. The summed E-state index contributed by atoms with van der Waals surface area (Å²) in [5, 5.41) is 7.70. The standard InChI is InChI=1S/C19H23N3O3S/c1-13(23)20-14-7-8-17(25-2)15(11-14)21-19(24)12-22-9-3-5-16(22)18-6-4-10-26-18/h4,6-8,10-11,16H,3,5,9,12H2,1-2H3,(H,20,23)(H,21,24). The molecule has 2 N–H and O–H groups in total. The molecule has 0 spiro atoms. The van der Waals surface area contributed by atoms with Gasteiger partial charge < -0.3 is 15.4 Å². The topological polar surface area (TPSA) is 70.7 Å². The fraction of sp³-hybridized carbons (Fsp3) is 0.368. The first kappa shape index (κ1) is 18.4. The van der Waals surface area contributed by atoms with Crippen molar-refractivity contribution in [3.63, 3.8) is 0 Å². The number of methoxy groups -OCH3 is 1. The van der Waals surface area contributed by atoms with Gasteiger partial charge in [0.25, 0.3) is 0 Å². The third-order valence-electron chi connectivity index (χ3n) is 4.38. The van der Waals surface area contributed by atoms with Gasteiger partial charge in [-0.15, -0.1) is 11.3 Å². The highest BCUT2D eigenvalue weighted by molar-refractivity contribution is 7.10. The van der Waals surface area contributed by atoms with Crippen molar-refractivity contribution in [1.29, 1.82) is 0 Å². The normalized spacial score (nSPS) is 17.1. The predicted molar refractivity (Wildman–Crippen MR) is 104 cm³/mol. The van der Waals surface area contributed by atoms with Gasteiger partial charge >= 0.3 is 0 Å². The number of rotatable bonds is 6. The fourth-order valence-electron chi connectivity index (χ4n) is 3.28. The Kier molecular flexibility index (Phi) is 5.90. The van der Waals surface area contributed by atoms with E-state index >= 15 is 0 Å². The van der Waals surface area contributed by atoms with E-state index in [1.807, 2.05) is 0 Å². The third kappa shape index (κ3) is 4.42. The molecule has 1 aromatic carbocycles. The molecule has 0 radical (unpaired) electrons. The number of nitrogens with one attached hydrogen (secondary N) is 2. The van der Waals surface area contributed by atoms with Gasteiger partial charge in [-0.25, -0.2) is 0 Å². The van der Waals surface area contributed by atoms with Crippen molar-refractivity contribution in [1.82, 2.24) is 4.90 Å². The van der Waals surface area contributed by atoms with Gasteiger partial charge in [-0.05, 0) is 49.0 Å². The van der Waals surface area contributed by atoms with E-state index in [1.165, 1.54) is 11.8 Å². The van der Waals surface area contributed by atoms with Gasteiger partial charge in [0.1, 0.15) is 5.75 Å². The van der Waals surface area contributed by atoms with Crippen molar-refractivity contribution in [3.8, 4) is 5.75 Å². The maximum atomic E-state index is 12.6. The summed E-state index contributed by atoms with van der Waals surface area (Å²) < 4.78 is 5.32. The summed E-state index contributed by atoms with van der Waals surface area (Å²) in [6, 6.07) is 9.67. The number of amides is 2. The number of benzene rings is 1. The highest BCUT2D eigenvalue weighted by atomic mass is 32.1. The number of hydrogen-bond donors (Lipinski definition) is 2. The van der Waals surface area contributed by atoms with Crippen LogP contribution in [-0.4, -0.2) is 36.9 Å². The van der Waals surface area contributed by atoms with Crippen LogP contribution in [0, 0.1) is 0 Å². The van der Waals surface area contributed by atoms with Crippen LogP contribution in [0.3, 0.4) is 0 Å².